The van der Waals surface area contributed by atoms with Crippen LogP contribution in [0.25, 0.3) is 70.5 Å². The van der Waals surface area contributed by atoms with Crippen LogP contribution in [0.2, 0.25) is 0 Å². The second-order valence-electron chi connectivity index (χ2n) is 10.0. The van der Waals surface area contributed by atoms with Crippen LogP contribution in [0.15, 0.2) is 146 Å². The molecule has 0 saturated carbocycles. The first-order chi connectivity index (χ1) is 19.8. The van der Waals surface area contributed by atoms with E-state index in [0.717, 1.165) is 28.1 Å². The van der Waals surface area contributed by atoms with E-state index in [1.165, 1.54) is 42.4 Å². The van der Waals surface area contributed by atoms with Gasteiger partial charge in [0.05, 0.1) is 11.0 Å². The van der Waals surface area contributed by atoms with Crippen LogP contribution in [0.4, 0.5) is 0 Å². The van der Waals surface area contributed by atoms with Crippen LogP contribution >= 0.6 is 11.3 Å². The number of rotatable bonds is 4. The molecule has 0 N–H and O–H groups in total. The Morgan fingerprint density at radius 3 is 2.10 bits per heavy atom. The zero-order valence-corrected chi connectivity index (χ0v) is 22.5. The van der Waals surface area contributed by atoms with Crippen molar-refractivity contribution in [3.63, 3.8) is 0 Å². The average molecular weight is 529 g/mol. The van der Waals surface area contributed by atoms with Gasteiger partial charge in [-0.05, 0) is 52.6 Å². The van der Waals surface area contributed by atoms with Crippen LogP contribution in [0.3, 0.4) is 0 Å². The molecule has 0 spiro atoms. The molecule has 40 heavy (non-hydrogen) atoms. The van der Waals surface area contributed by atoms with E-state index in [0.29, 0.717) is 0 Å². The summed E-state index contributed by atoms with van der Waals surface area (Å²) in [6.45, 7) is 0. The maximum atomic E-state index is 5.11. The standard InChI is InChI=1S/C37H24N2S/c1-2-10-25(11-3-1)28-12-8-13-29(24-28)39-34-18-6-5-17-33(34)38-37(39)27-22-20-26(21-23-27)30-15-9-16-32-31-14-4-7-19-35(31)40-36(30)32/h1-24H. The zero-order valence-electron chi connectivity index (χ0n) is 21.7. The number of benzene rings is 6. The third-order valence-electron chi connectivity index (χ3n) is 7.63. The average Bonchev–Trinajstić information content (AvgIpc) is 3.61. The predicted molar refractivity (Wildman–Crippen MR) is 170 cm³/mol. The quantitative estimate of drug-likeness (QED) is 0.222. The van der Waals surface area contributed by atoms with Gasteiger partial charge < -0.3 is 0 Å². The van der Waals surface area contributed by atoms with Crippen LogP contribution in [0.5, 0.6) is 0 Å². The van der Waals surface area contributed by atoms with Crippen molar-refractivity contribution in [2.75, 3.05) is 0 Å². The highest BCUT2D eigenvalue weighted by atomic mass is 32.1. The molecule has 0 unspecified atom stereocenters. The van der Waals surface area contributed by atoms with Gasteiger partial charge in [0.15, 0.2) is 0 Å². The Morgan fingerprint density at radius 2 is 1.20 bits per heavy atom. The van der Waals surface area contributed by atoms with Crippen molar-refractivity contribution >= 4 is 42.5 Å². The molecule has 2 heterocycles. The number of hydrogen-bond donors (Lipinski definition) is 0. The largest absolute Gasteiger partial charge is 0.292 e. The number of aromatic nitrogens is 2. The van der Waals surface area contributed by atoms with Gasteiger partial charge in [0, 0.05) is 31.4 Å². The summed E-state index contributed by atoms with van der Waals surface area (Å²) in [5.74, 6) is 0.943. The third kappa shape index (κ3) is 3.75. The first-order valence-corrected chi connectivity index (χ1v) is 14.3. The van der Waals surface area contributed by atoms with E-state index in [9.17, 15) is 0 Å². The summed E-state index contributed by atoms with van der Waals surface area (Å²) in [5.41, 5.74) is 9.16. The lowest BCUT2D eigenvalue weighted by molar-refractivity contribution is 1.10. The maximum Gasteiger partial charge on any atom is 0.145 e. The molecule has 0 bridgehead atoms. The second-order valence-corrected chi connectivity index (χ2v) is 11.1. The van der Waals surface area contributed by atoms with Gasteiger partial charge in [0.2, 0.25) is 0 Å². The van der Waals surface area contributed by atoms with Gasteiger partial charge in [0.1, 0.15) is 5.82 Å². The third-order valence-corrected chi connectivity index (χ3v) is 8.85. The van der Waals surface area contributed by atoms with Gasteiger partial charge in [-0.1, -0.05) is 115 Å². The smallest absolute Gasteiger partial charge is 0.145 e. The highest BCUT2D eigenvalue weighted by Crippen LogP contribution is 2.40. The molecule has 0 saturated heterocycles. The van der Waals surface area contributed by atoms with E-state index in [-0.39, 0.29) is 0 Å². The van der Waals surface area contributed by atoms with Crippen LogP contribution in [-0.2, 0) is 0 Å². The summed E-state index contributed by atoms with van der Waals surface area (Å²) in [5, 5.41) is 2.65. The molecule has 6 aromatic carbocycles. The molecule has 0 aliphatic carbocycles. The van der Waals surface area contributed by atoms with Crippen LogP contribution in [0.1, 0.15) is 0 Å². The SMILES string of the molecule is c1ccc(-c2cccc(-n3c(-c4ccc(-c5cccc6c5sc5ccccc56)cc4)nc4ccccc43)c2)cc1. The molecule has 2 nitrogen and oxygen atoms in total. The predicted octanol–water partition coefficient (Wildman–Crippen LogP) is 10.4. The number of nitrogens with zero attached hydrogens (tertiary/aromatic N) is 2. The molecule has 0 radical (unpaired) electrons. The number of fused-ring (bicyclic) bond motifs is 4. The summed E-state index contributed by atoms with van der Waals surface area (Å²) >= 11 is 1.87. The summed E-state index contributed by atoms with van der Waals surface area (Å²) in [6.07, 6.45) is 0. The molecule has 0 aliphatic heterocycles. The van der Waals surface area contributed by atoms with E-state index in [2.05, 4.69) is 150 Å². The molecular formula is C37H24N2S. The Morgan fingerprint density at radius 1 is 0.500 bits per heavy atom. The van der Waals surface area contributed by atoms with Crippen molar-refractivity contribution in [1.82, 2.24) is 9.55 Å². The normalized spacial score (nSPS) is 11.5. The fraction of sp³-hybridized carbons (Fsp3) is 0. The van der Waals surface area contributed by atoms with E-state index in [1.54, 1.807) is 0 Å². The Bertz CT molecular complexity index is 2150. The van der Waals surface area contributed by atoms with E-state index >= 15 is 0 Å². The summed E-state index contributed by atoms with van der Waals surface area (Å²) in [4.78, 5) is 5.11. The van der Waals surface area contributed by atoms with Crippen LogP contribution in [0, 0.1) is 0 Å². The van der Waals surface area contributed by atoms with E-state index in [4.69, 9.17) is 4.98 Å². The number of imidazole rings is 1. The summed E-state index contributed by atoms with van der Waals surface area (Å²) in [7, 11) is 0. The van der Waals surface area contributed by atoms with Crippen molar-refractivity contribution in [3.8, 4) is 39.3 Å². The molecule has 0 amide bonds. The van der Waals surface area contributed by atoms with Crippen molar-refractivity contribution in [2.45, 2.75) is 0 Å². The lowest BCUT2D eigenvalue weighted by atomic mass is 10.0. The fourth-order valence-electron chi connectivity index (χ4n) is 5.71. The summed E-state index contributed by atoms with van der Waals surface area (Å²) in [6, 6.07) is 51.8. The van der Waals surface area contributed by atoms with Crippen molar-refractivity contribution in [1.29, 1.82) is 0 Å². The lowest BCUT2D eigenvalue weighted by Crippen LogP contribution is -1.98. The Labute approximate surface area is 236 Å². The number of thiophene rings is 1. The minimum Gasteiger partial charge on any atom is -0.292 e. The van der Waals surface area contributed by atoms with Gasteiger partial charge in [-0.3, -0.25) is 4.57 Å². The van der Waals surface area contributed by atoms with Crippen molar-refractivity contribution in [3.05, 3.63) is 146 Å². The van der Waals surface area contributed by atoms with Crippen molar-refractivity contribution < 1.29 is 0 Å². The van der Waals surface area contributed by atoms with Gasteiger partial charge in [-0.15, -0.1) is 11.3 Å². The van der Waals surface area contributed by atoms with Gasteiger partial charge >= 0.3 is 0 Å². The first-order valence-electron chi connectivity index (χ1n) is 13.5. The summed E-state index contributed by atoms with van der Waals surface area (Å²) < 4.78 is 4.94. The topological polar surface area (TPSA) is 17.8 Å². The molecule has 8 aromatic rings. The van der Waals surface area contributed by atoms with E-state index < -0.39 is 0 Å². The van der Waals surface area contributed by atoms with Crippen LogP contribution in [-0.4, -0.2) is 9.55 Å². The Balaban J connectivity index is 1.26. The van der Waals surface area contributed by atoms with Crippen LogP contribution < -0.4 is 0 Å². The van der Waals surface area contributed by atoms with E-state index in [1.807, 2.05) is 11.3 Å². The molecule has 188 valence electrons. The minimum atomic E-state index is 0.943. The highest BCUT2D eigenvalue weighted by Gasteiger charge is 2.16. The molecule has 0 fully saturated rings. The molecule has 0 aliphatic rings. The first kappa shape index (κ1) is 22.9. The fourth-order valence-corrected chi connectivity index (χ4v) is 6.95. The van der Waals surface area contributed by atoms with Crippen molar-refractivity contribution in [2.24, 2.45) is 0 Å². The van der Waals surface area contributed by atoms with Gasteiger partial charge in [-0.2, -0.15) is 0 Å². The molecule has 2 aromatic heterocycles. The van der Waals surface area contributed by atoms with Gasteiger partial charge in [-0.25, -0.2) is 4.98 Å². The zero-order chi connectivity index (χ0) is 26.5. The monoisotopic (exact) mass is 528 g/mol. The van der Waals surface area contributed by atoms with Gasteiger partial charge in [0.25, 0.3) is 0 Å². The number of hydrogen-bond acceptors (Lipinski definition) is 2. The highest BCUT2D eigenvalue weighted by molar-refractivity contribution is 7.26. The molecular weight excluding hydrogens is 504 g/mol. The number of para-hydroxylation sites is 2. The maximum absolute atomic E-state index is 5.11. The minimum absolute atomic E-state index is 0.943. The Kier molecular flexibility index (Phi) is 5.35. The second kappa shape index (κ2) is 9.33. The Hall–Kier alpha value is -4.99. The molecule has 0 atom stereocenters. The molecule has 3 heteroatoms. The molecule has 8 rings (SSSR count). The lowest BCUT2D eigenvalue weighted by Gasteiger charge is -2.12.